The van der Waals surface area contributed by atoms with Gasteiger partial charge in [0, 0.05) is 31.9 Å². The summed E-state index contributed by atoms with van der Waals surface area (Å²) < 4.78 is 11.2. The fourth-order valence-electron chi connectivity index (χ4n) is 2.94. The van der Waals surface area contributed by atoms with Gasteiger partial charge >= 0.3 is 5.97 Å². The molecule has 3 heterocycles. The van der Waals surface area contributed by atoms with Crippen molar-refractivity contribution in [2.75, 3.05) is 19.8 Å². The number of hydrogen-bond donors (Lipinski definition) is 2. The number of nitrogens with one attached hydrogen (secondary N) is 1. The van der Waals surface area contributed by atoms with Crippen LogP contribution in [0.5, 0.6) is 0 Å². The quantitative estimate of drug-likeness (QED) is 0.859. The van der Waals surface area contributed by atoms with E-state index in [4.69, 9.17) is 14.6 Å². The third kappa shape index (κ3) is 3.10. The number of ether oxygens (including phenoxy) is 2. The van der Waals surface area contributed by atoms with Crippen molar-refractivity contribution in [1.29, 1.82) is 0 Å². The zero-order chi connectivity index (χ0) is 15.6. The van der Waals surface area contributed by atoms with Gasteiger partial charge in [0.2, 0.25) is 0 Å². The number of pyridine rings is 1. The van der Waals surface area contributed by atoms with Gasteiger partial charge in [0.25, 0.3) is 5.91 Å². The van der Waals surface area contributed by atoms with Gasteiger partial charge < -0.3 is 19.9 Å². The van der Waals surface area contributed by atoms with Gasteiger partial charge in [-0.05, 0) is 25.0 Å². The molecule has 2 atom stereocenters. The highest BCUT2D eigenvalue weighted by Gasteiger charge is 2.41. The molecule has 1 amide bonds. The van der Waals surface area contributed by atoms with Crippen LogP contribution in [0.15, 0.2) is 18.3 Å². The van der Waals surface area contributed by atoms with Gasteiger partial charge in [0.05, 0.1) is 17.8 Å². The van der Waals surface area contributed by atoms with E-state index in [0.29, 0.717) is 25.4 Å². The number of aromatic carboxylic acids is 1. The Labute approximate surface area is 127 Å². The van der Waals surface area contributed by atoms with Crippen molar-refractivity contribution in [2.45, 2.75) is 30.9 Å². The second-order valence-corrected chi connectivity index (χ2v) is 5.73. The monoisotopic (exact) mass is 306 g/mol. The minimum Gasteiger partial charge on any atom is -0.477 e. The van der Waals surface area contributed by atoms with E-state index in [0.717, 1.165) is 19.3 Å². The van der Waals surface area contributed by atoms with Crippen LogP contribution in [0.1, 0.15) is 40.1 Å². The first-order valence-corrected chi connectivity index (χ1v) is 7.30. The van der Waals surface area contributed by atoms with E-state index >= 15 is 0 Å². The van der Waals surface area contributed by atoms with Crippen LogP contribution < -0.4 is 5.32 Å². The molecule has 1 aromatic heterocycles. The van der Waals surface area contributed by atoms with Crippen LogP contribution >= 0.6 is 0 Å². The number of nitrogens with zero attached hydrogens (tertiary/aromatic N) is 1. The van der Waals surface area contributed by atoms with E-state index in [-0.39, 0.29) is 23.2 Å². The highest BCUT2D eigenvalue weighted by Crippen LogP contribution is 2.32. The summed E-state index contributed by atoms with van der Waals surface area (Å²) in [7, 11) is 0. The summed E-state index contributed by atoms with van der Waals surface area (Å²) in [5, 5.41) is 11.8. The van der Waals surface area contributed by atoms with Crippen molar-refractivity contribution in [2.24, 2.45) is 0 Å². The van der Waals surface area contributed by atoms with Gasteiger partial charge in [-0.25, -0.2) is 9.78 Å². The zero-order valence-electron chi connectivity index (χ0n) is 12.1. The van der Waals surface area contributed by atoms with Crippen molar-refractivity contribution in [3.05, 3.63) is 29.6 Å². The molecular weight excluding hydrogens is 288 g/mol. The average Bonchev–Trinajstić information content (AvgIpc) is 2.95. The highest BCUT2D eigenvalue weighted by atomic mass is 16.6. The molecule has 2 fully saturated rings. The zero-order valence-corrected chi connectivity index (χ0v) is 12.1. The number of amides is 1. The molecule has 1 spiro atoms. The molecule has 2 aliphatic rings. The molecule has 0 bridgehead atoms. The third-order valence-corrected chi connectivity index (χ3v) is 4.14. The van der Waals surface area contributed by atoms with E-state index in [1.165, 1.54) is 18.3 Å². The lowest BCUT2D eigenvalue weighted by Gasteiger charge is -2.37. The molecule has 0 aromatic carbocycles. The minimum atomic E-state index is -1.11. The number of aromatic nitrogens is 1. The van der Waals surface area contributed by atoms with Crippen LogP contribution in [0.3, 0.4) is 0 Å². The molecule has 0 saturated carbocycles. The molecule has 7 heteroatoms. The van der Waals surface area contributed by atoms with E-state index < -0.39 is 5.97 Å². The largest absolute Gasteiger partial charge is 0.477 e. The van der Waals surface area contributed by atoms with Gasteiger partial charge in [0.1, 0.15) is 5.69 Å². The molecule has 2 N–H and O–H groups in total. The molecule has 3 rings (SSSR count). The van der Waals surface area contributed by atoms with E-state index in [1.54, 1.807) is 0 Å². The summed E-state index contributed by atoms with van der Waals surface area (Å²) in [6.45, 7) is 1.87. The summed E-state index contributed by atoms with van der Waals surface area (Å²) in [6.07, 6.45) is 3.63. The third-order valence-electron chi connectivity index (χ3n) is 4.14. The molecule has 0 radical (unpaired) electrons. The summed E-state index contributed by atoms with van der Waals surface area (Å²) >= 11 is 0. The van der Waals surface area contributed by atoms with Crippen LogP contribution in [-0.4, -0.2) is 53.4 Å². The number of hydrogen-bond acceptors (Lipinski definition) is 5. The van der Waals surface area contributed by atoms with Gasteiger partial charge in [-0.2, -0.15) is 0 Å². The van der Waals surface area contributed by atoms with E-state index in [1.807, 2.05) is 0 Å². The van der Waals surface area contributed by atoms with Crippen molar-refractivity contribution in [1.82, 2.24) is 10.3 Å². The maximum absolute atomic E-state index is 12.2. The van der Waals surface area contributed by atoms with Crippen molar-refractivity contribution >= 4 is 11.9 Å². The first-order valence-electron chi connectivity index (χ1n) is 7.30. The Morgan fingerprint density at radius 2 is 2.23 bits per heavy atom. The van der Waals surface area contributed by atoms with Crippen LogP contribution in [0, 0.1) is 0 Å². The molecule has 1 aromatic rings. The Hall–Kier alpha value is -1.99. The SMILES string of the molecule is O=C(NC1CCOC2(CCOC2)C1)c1ccc(C(=O)O)nc1. The summed E-state index contributed by atoms with van der Waals surface area (Å²) in [6, 6.07) is 2.83. The molecule has 22 heavy (non-hydrogen) atoms. The Balaban J connectivity index is 1.62. The Morgan fingerprint density at radius 3 is 2.86 bits per heavy atom. The standard InChI is InChI=1S/C15H18N2O5/c18-13(10-1-2-12(14(19)20)16-8-10)17-11-3-5-22-15(7-11)4-6-21-9-15/h1-2,8,11H,3-7,9H2,(H,17,18)(H,19,20). The summed E-state index contributed by atoms with van der Waals surface area (Å²) in [5.41, 5.74) is 0.0135. The van der Waals surface area contributed by atoms with Gasteiger partial charge in [0.15, 0.2) is 0 Å². The Bertz CT molecular complexity index is 566. The second-order valence-electron chi connectivity index (χ2n) is 5.73. The van der Waals surface area contributed by atoms with Crippen LogP contribution in [0.25, 0.3) is 0 Å². The number of carboxylic acids is 1. The number of rotatable bonds is 3. The van der Waals surface area contributed by atoms with Gasteiger partial charge in [-0.3, -0.25) is 4.79 Å². The molecule has 2 unspecified atom stereocenters. The lowest BCUT2D eigenvalue weighted by Crippen LogP contribution is -2.49. The molecule has 2 saturated heterocycles. The maximum Gasteiger partial charge on any atom is 0.354 e. The average molecular weight is 306 g/mol. The van der Waals surface area contributed by atoms with Crippen LogP contribution in [0.2, 0.25) is 0 Å². The van der Waals surface area contributed by atoms with Crippen molar-refractivity contribution in [3.8, 4) is 0 Å². The summed E-state index contributed by atoms with van der Waals surface area (Å²) in [4.78, 5) is 26.7. The lowest BCUT2D eigenvalue weighted by atomic mass is 9.89. The van der Waals surface area contributed by atoms with Gasteiger partial charge in [-0.15, -0.1) is 0 Å². The normalized spacial score (nSPS) is 27.7. The summed E-state index contributed by atoms with van der Waals surface area (Å²) in [5.74, 6) is -1.36. The molecule has 118 valence electrons. The first-order chi connectivity index (χ1) is 10.6. The molecule has 0 aliphatic carbocycles. The molecule has 2 aliphatic heterocycles. The second kappa shape index (κ2) is 6.02. The first kappa shape index (κ1) is 14.9. The Morgan fingerprint density at radius 1 is 1.36 bits per heavy atom. The van der Waals surface area contributed by atoms with Gasteiger partial charge in [-0.1, -0.05) is 0 Å². The maximum atomic E-state index is 12.2. The Kier molecular flexibility index (Phi) is 4.08. The van der Waals surface area contributed by atoms with E-state index in [9.17, 15) is 9.59 Å². The minimum absolute atomic E-state index is 0.0297. The lowest BCUT2D eigenvalue weighted by molar-refractivity contribution is -0.0881. The fraction of sp³-hybridized carbons (Fsp3) is 0.533. The van der Waals surface area contributed by atoms with Crippen LogP contribution in [0.4, 0.5) is 0 Å². The van der Waals surface area contributed by atoms with Crippen LogP contribution in [-0.2, 0) is 9.47 Å². The molecular formula is C15H18N2O5. The number of carbonyl (C=O) groups is 2. The van der Waals surface area contributed by atoms with Crippen molar-refractivity contribution < 1.29 is 24.2 Å². The topological polar surface area (TPSA) is 97.8 Å². The number of carboxylic acid groups (broad SMARTS) is 1. The highest BCUT2D eigenvalue weighted by molar-refractivity contribution is 5.95. The predicted octanol–water partition coefficient (Wildman–Crippen LogP) is 0.848. The van der Waals surface area contributed by atoms with E-state index in [2.05, 4.69) is 10.3 Å². The smallest absolute Gasteiger partial charge is 0.354 e. The predicted molar refractivity (Wildman–Crippen MR) is 75.8 cm³/mol. The van der Waals surface area contributed by atoms with Crippen molar-refractivity contribution in [3.63, 3.8) is 0 Å². The molecule has 7 nitrogen and oxygen atoms in total. The number of carbonyl (C=O) groups excluding carboxylic acids is 1. The fourth-order valence-corrected chi connectivity index (χ4v) is 2.94.